The molecule has 0 amide bonds. The Morgan fingerprint density at radius 3 is 2.42 bits per heavy atom. The first-order valence-electron chi connectivity index (χ1n) is 5.92. The molecule has 3 nitrogen and oxygen atoms in total. The van der Waals surface area contributed by atoms with Crippen LogP contribution in [0.15, 0.2) is 60.8 Å². The molecule has 2 aromatic carbocycles. The van der Waals surface area contributed by atoms with Crippen LogP contribution in [0.3, 0.4) is 0 Å². The third-order valence-corrected chi connectivity index (χ3v) is 3.06. The van der Waals surface area contributed by atoms with Crippen molar-refractivity contribution in [3.63, 3.8) is 0 Å². The van der Waals surface area contributed by atoms with Gasteiger partial charge in [-0.25, -0.2) is 9.78 Å². The molecule has 0 fully saturated rings. The molecule has 0 saturated carbocycles. The number of hydrogen-bond donors (Lipinski definition) is 1. The highest BCUT2D eigenvalue weighted by Crippen LogP contribution is 2.24. The van der Waals surface area contributed by atoms with E-state index >= 15 is 0 Å². The van der Waals surface area contributed by atoms with Gasteiger partial charge in [-0.1, -0.05) is 36.4 Å². The lowest BCUT2D eigenvalue weighted by molar-refractivity contribution is 0.0690. The third kappa shape index (κ3) is 2.18. The molecule has 0 atom stereocenters. The van der Waals surface area contributed by atoms with Crippen LogP contribution in [0.25, 0.3) is 21.9 Å². The van der Waals surface area contributed by atoms with Crippen molar-refractivity contribution in [1.29, 1.82) is 0 Å². The molecule has 0 unspecified atom stereocenters. The molecule has 3 heteroatoms. The standard InChI is InChI=1S/C16H11NO2/c18-16(19)15-10-14(7-8-17-15)13-6-5-11-3-1-2-4-12(11)9-13/h1-10H,(H,18,19). The summed E-state index contributed by atoms with van der Waals surface area (Å²) in [5, 5.41) is 11.3. The fraction of sp³-hybridized carbons (Fsp3) is 0. The second-order valence-corrected chi connectivity index (χ2v) is 4.30. The van der Waals surface area contributed by atoms with Crippen LogP contribution in [0.4, 0.5) is 0 Å². The maximum atomic E-state index is 10.9. The molecule has 19 heavy (non-hydrogen) atoms. The Balaban J connectivity index is 2.13. The van der Waals surface area contributed by atoms with Crippen LogP contribution < -0.4 is 0 Å². The Bertz CT molecular complexity index is 765. The normalized spacial score (nSPS) is 10.5. The Kier molecular flexibility index (Phi) is 2.72. The summed E-state index contributed by atoms with van der Waals surface area (Å²) in [6.45, 7) is 0. The lowest BCUT2D eigenvalue weighted by Crippen LogP contribution is -1.99. The zero-order chi connectivity index (χ0) is 13.2. The van der Waals surface area contributed by atoms with Crippen molar-refractivity contribution in [2.24, 2.45) is 0 Å². The van der Waals surface area contributed by atoms with Gasteiger partial charge in [-0.05, 0) is 40.1 Å². The highest BCUT2D eigenvalue weighted by molar-refractivity contribution is 5.90. The number of carbonyl (C=O) groups is 1. The first-order chi connectivity index (χ1) is 9.24. The van der Waals surface area contributed by atoms with Crippen LogP contribution in [0.2, 0.25) is 0 Å². The van der Waals surface area contributed by atoms with Gasteiger partial charge < -0.3 is 5.11 Å². The molecule has 0 aliphatic carbocycles. The van der Waals surface area contributed by atoms with Crippen molar-refractivity contribution in [2.75, 3.05) is 0 Å². The van der Waals surface area contributed by atoms with E-state index in [0.717, 1.165) is 16.5 Å². The fourth-order valence-corrected chi connectivity index (χ4v) is 2.10. The van der Waals surface area contributed by atoms with Crippen LogP contribution in [0.1, 0.15) is 10.5 Å². The zero-order valence-electron chi connectivity index (χ0n) is 10.1. The van der Waals surface area contributed by atoms with Crippen LogP contribution in [-0.2, 0) is 0 Å². The number of aromatic nitrogens is 1. The van der Waals surface area contributed by atoms with Gasteiger partial charge in [0, 0.05) is 6.20 Å². The number of pyridine rings is 1. The van der Waals surface area contributed by atoms with Gasteiger partial charge in [0.05, 0.1) is 0 Å². The van der Waals surface area contributed by atoms with Gasteiger partial charge in [-0.2, -0.15) is 0 Å². The summed E-state index contributed by atoms with van der Waals surface area (Å²) in [4.78, 5) is 14.8. The van der Waals surface area contributed by atoms with Crippen LogP contribution in [0, 0.1) is 0 Å². The fourth-order valence-electron chi connectivity index (χ4n) is 2.10. The smallest absolute Gasteiger partial charge is 0.354 e. The number of carboxylic acid groups (broad SMARTS) is 1. The molecule has 1 N–H and O–H groups in total. The van der Waals surface area contributed by atoms with E-state index in [9.17, 15) is 4.79 Å². The maximum Gasteiger partial charge on any atom is 0.354 e. The topological polar surface area (TPSA) is 50.2 Å². The van der Waals surface area contributed by atoms with Crippen molar-refractivity contribution in [1.82, 2.24) is 4.98 Å². The predicted octanol–water partition coefficient (Wildman–Crippen LogP) is 3.60. The number of rotatable bonds is 2. The van der Waals surface area contributed by atoms with Gasteiger partial charge >= 0.3 is 5.97 Å². The van der Waals surface area contributed by atoms with Gasteiger partial charge in [-0.3, -0.25) is 0 Å². The van der Waals surface area contributed by atoms with Gasteiger partial charge in [0.1, 0.15) is 5.69 Å². The number of carboxylic acids is 1. The van der Waals surface area contributed by atoms with Gasteiger partial charge in [0.15, 0.2) is 0 Å². The van der Waals surface area contributed by atoms with Crippen molar-refractivity contribution >= 4 is 16.7 Å². The molecule has 0 bridgehead atoms. The molecule has 1 heterocycles. The van der Waals surface area contributed by atoms with Crippen LogP contribution in [0.5, 0.6) is 0 Å². The SMILES string of the molecule is O=C(O)c1cc(-c2ccc3ccccc3c2)ccn1. The molecular weight excluding hydrogens is 238 g/mol. The predicted molar refractivity (Wildman–Crippen MR) is 74.1 cm³/mol. The highest BCUT2D eigenvalue weighted by atomic mass is 16.4. The van der Waals surface area contributed by atoms with E-state index in [1.807, 2.05) is 42.5 Å². The van der Waals surface area contributed by atoms with Gasteiger partial charge in [0.25, 0.3) is 0 Å². The van der Waals surface area contributed by atoms with E-state index in [1.54, 1.807) is 6.07 Å². The largest absolute Gasteiger partial charge is 0.477 e. The molecule has 1 aromatic heterocycles. The summed E-state index contributed by atoms with van der Waals surface area (Å²) in [6.07, 6.45) is 1.52. The molecule has 0 radical (unpaired) electrons. The van der Waals surface area contributed by atoms with E-state index in [-0.39, 0.29) is 5.69 Å². The van der Waals surface area contributed by atoms with Crippen LogP contribution >= 0.6 is 0 Å². The Morgan fingerprint density at radius 2 is 1.63 bits per heavy atom. The second kappa shape index (κ2) is 4.53. The van der Waals surface area contributed by atoms with E-state index in [2.05, 4.69) is 11.1 Å². The summed E-state index contributed by atoms with van der Waals surface area (Å²) in [6, 6.07) is 17.6. The Hall–Kier alpha value is -2.68. The van der Waals surface area contributed by atoms with Crippen molar-refractivity contribution < 1.29 is 9.90 Å². The first kappa shape index (κ1) is 11.4. The van der Waals surface area contributed by atoms with Crippen LogP contribution in [-0.4, -0.2) is 16.1 Å². The summed E-state index contributed by atoms with van der Waals surface area (Å²) in [5.74, 6) is -1.01. The molecule has 3 aromatic rings. The number of aromatic carboxylic acids is 1. The van der Waals surface area contributed by atoms with E-state index < -0.39 is 5.97 Å². The quantitative estimate of drug-likeness (QED) is 0.754. The van der Waals surface area contributed by atoms with Crippen molar-refractivity contribution in [3.05, 3.63) is 66.5 Å². The first-order valence-corrected chi connectivity index (χ1v) is 5.92. The Morgan fingerprint density at radius 1 is 0.895 bits per heavy atom. The van der Waals surface area contributed by atoms with Crippen molar-refractivity contribution in [2.45, 2.75) is 0 Å². The number of hydrogen-bond acceptors (Lipinski definition) is 2. The minimum atomic E-state index is -1.01. The zero-order valence-corrected chi connectivity index (χ0v) is 10.1. The number of nitrogens with zero attached hydrogens (tertiary/aromatic N) is 1. The number of fused-ring (bicyclic) bond motifs is 1. The number of benzene rings is 2. The van der Waals surface area contributed by atoms with E-state index in [1.165, 1.54) is 11.6 Å². The molecule has 92 valence electrons. The summed E-state index contributed by atoms with van der Waals surface area (Å²) in [7, 11) is 0. The molecule has 0 spiro atoms. The third-order valence-electron chi connectivity index (χ3n) is 3.06. The minimum absolute atomic E-state index is 0.0608. The Labute approximate surface area is 110 Å². The average molecular weight is 249 g/mol. The van der Waals surface area contributed by atoms with Crippen molar-refractivity contribution in [3.8, 4) is 11.1 Å². The second-order valence-electron chi connectivity index (χ2n) is 4.30. The van der Waals surface area contributed by atoms with Gasteiger partial charge in [0.2, 0.25) is 0 Å². The van der Waals surface area contributed by atoms with E-state index in [4.69, 9.17) is 5.11 Å². The average Bonchev–Trinajstić information content (AvgIpc) is 2.47. The monoisotopic (exact) mass is 249 g/mol. The molecule has 0 aliphatic heterocycles. The summed E-state index contributed by atoms with van der Waals surface area (Å²) < 4.78 is 0. The van der Waals surface area contributed by atoms with Gasteiger partial charge in [-0.15, -0.1) is 0 Å². The van der Waals surface area contributed by atoms with E-state index in [0.29, 0.717) is 0 Å². The molecule has 0 saturated heterocycles. The lowest BCUT2D eigenvalue weighted by Gasteiger charge is -2.04. The minimum Gasteiger partial charge on any atom is -0.477 e. The molecule has 3 rings (SSSR count). The lowest BCUT2D eigenvalue weighted by atomic mass is 10.0. The highest BCUT2D eigenvalue weighted by Gasteiger charge is 2.06. The maximum absolute atomic E-state index is 10.9. The molecule has 0 aliphatic rings. The summed E-state index contributed by atoms with van der Waals surface area (Å²) >= 11 is 0. The molecular formula is C16H11NO2. The summed E-state index contributed by atoms with van der Waals surface area (Å²) in [5.41, 5.74) is 1.91.